The fourth-order valence-corrected chi connectivity index (χ4v) is 0.884. The molecule has 80 valence electrons. The van der Waals surface area contributed by atoms with Crippen LogP contribution in [0.1, 0.15) is 39.0 Å². The molecule has 0 atom stereocenters. The van der Waals surface area contributed by atoms with Crippen molar-refractivity contribution < 1.29 is 29.1 Å². The Morgan fingerprint density at radius 2 is 0.846 bits per heavy atom. The third-order valence-electron chi connectivity index (χ3n) is 1.25. The van der Waals surface area contributed by atoms with E-state index in [0.717, 1.165) is 0 Å². The summed E-state index contributed by atoms with van der Waals surface area (Å²) in [6.07, 6.45) is 7.50. The first kappa shape index (κ1) is 29.3. The van der Waals surface area contributed by atoms with Crippen LogP contribution in [0.5, 0.6) is 0 Å². The molecule has 1 fully saturated rings. The summed E-state index contributed by atoms with van der Waals surface area (Å²) in [6.45, 7) is 11.5. The number of carbonyl (C=O) groups excluding carboxylic acids is 2. The Balaban J connectivity index is -0.0000000239. The second-order valence-electron chi connectivity index (χ2n) is 1.77. The molecule has 0 aliphatic heterocycles. The van der Waals surface area contributed by atoms with Crippen LogP contribution in [0.2, 0.25) is 0 Å². The molecule has 13 heavy (non-hydrogen) atoms. The minimum absolute atomic E-state index is 0. The molecule has 0 saturated heterocycles. The molecule has 1 aliphatic rings. The third-order valence-corrected chi connectivity index (χ3v) is 1.25. The molecular formula is C10H20O2Ru. The van der Waals surface area contributed by atoms with Gasteiger partial charge in [0, 0.05) is 0 Å². The van der Waals surface area contributed by atoms with Gasteiger partial charge in [-0.1, -0.05) is 32.1 Å². The van der Waals surface area contributed by atoms with Crippen LogP contribution < -0.4 is 0 Å². The summed E-state index contributed by atoms with van der Waals surface area (Å²) in [7, 11) is 0. The molecule has 3 heteroatoms. The molecule has 0 aromatic carbocycles. The van der Waals surface area contributed by atoms with Gasteiger partial charge in [-0.25, -0.2) is 0 Å². The largest absolute Gasteiger partial charge is 4.00 e. The van der Waals surface area contributed by atoms with Crippen molar-refractivity contribution in [3.63, 3.8) is 0 Å². The van der Waals surface area contributed by atoms with E-state index >= 15 is 0 Å². The van der Waals surface area contributed by atoms with Gasteiger partial charge >= 0.3 is 19.5 Å². The fraction of sp³-hybridized carbons (Fsp3) is 0.600. The zero-order valence-corrected chi connectivity index (χ0v) is 10.3. The van der Waals surface area contributed by atoms with Gasteiger partial charge in [-0.15, -0.1) is 0 Å². The van der Waals surface area contributed by atoms with Crippen LogP contribution >= 0.6 is 0 Å². The van der Waals surface area contributed by atoms with E-state index in [4.69, 9.17) is 9.59 Å². The van der Waals surface area contributed by atoms with Crippen LogP contribution in [0, 0.1) is 14.4 Å². The van der Waals surface area contributed by atoms with Crippen molar-refractivity contribution in [2.45, 2.75) is 39.0 Å². The quantitative estimate of drug-likeness (QED) is 0.386. The van der Waals surface area contributed by atoms with Gasteiger partial charge in [-0.05, 0) is 0 Å². The molecular weight excluding hydrogens is 253 g/mol. The molecule has 0 aromatic rings. The predicted molar refractivity (Wildman–Crippen MR) is 54.0 cm³/mol. The Morgan fingerprint density at radius 3 is 0.923 bits per heavy atom. The molecule has 0 radical (unpaired) electrons. The summed E-state index contributed by atoms with van der Waals surface area (Å²) in [5, 5.41) is 0. The molecule has 0 heterocycles. The summed E-state index contributed by atoms with van der Waals surface area (Å²) < 4.78 is 0. The standard InChI is InChI=1S/C5H10.C2H5.2CHO.CH3.Ru/c1-2-4-5-3-1;3*1-2;;/h1-5H2;1H2,2H3;2*1H;1H3;/q;4*-1;+4. The first-order chi connectivity index (χ1) is 5.50. The van der Waals surface area contributed by atoms with Crippen molar-refractivity contribution in [1.29, 1.82) is 0 Å². The van der Waals surface area contributed by atoms with Crippen LogP contribution in [0.15, 0.2) is 0 Å². The molecule has 1 rings (SSSR count). The molecule has 0 aromatic heterocycles. The smallest absolute Gasteiger partial charge is 0.545 e. The summed E-state index contributed by atoms with van der Waals surface area (Å²) in [4.78, 5) is 15.5. The first-order valence-electron chi connectivity index (χ1n) is 3.68. The average Bonchev–Trinajstić information content (AvgIpc) is 2.71. The van der Waals surface area contributed by atoms with Crippen molar-refractivity contribution in [1.82, 2.24) is 0 Å². The molecule has 0 N–H and O–H groups in total. The second-order valence-corrected chi connectivity index (χ2v) is 1.77. The zero-order valence-electron chi connectivity index (χ0n) is 8.57. The number of hydrogen-bond donors (Lipinski definition) is 0. The van der Waals surface area contributed by atoms with E-state index in [9.17, 15) is 0 Å². The summed E-state index contributed by atoms with van der Waals surface area (Å²) in [5.41, 5.74) is 0. The van der Waals surface area contributed by atoms with Crippen LogP contribution in [0.3, 0.4) is 0 Å². The van der Waals surface area contributed by atoms with Gasteiger partial charge in [0.05, 0.1) is 0 Å². The van der Waals surface area contributed by atoms with E-state index in [1.165, 1.54) is 32.1 Å². The normalized spacial score (nSPS) is 10.3. The maximum atomic E-state index is 7.75. The van der Waals surface area contributed by atoms with E-state index in [2.05, 4.69) is 20.5 Å². The Labute approximate surface area is 96.2 Å². The van der Waals surface area contributed by atoms with Crippen molar-refractivity contribution in [3.8, 4) is 0 Å². The monoisotopic (exact) mass is 274 g/mol. The number of rotatable bonds is 0. The topological polar surface area (TPSA) is 34.1 Å². The maximum absolute atomic E-state index is 7.75. The van der Waals surface area contributed by atoms with E-state index < -0.39 is 0 Å². The van der Waals surface area contributed by atoms with Gasteiger partial charge in [-0.2, -0.15) is 6.92 Å². The van der Waals surface area contributed by atoms with Crippen molar-refractivity contribution in [3.05, 3.63) is 14.4 Å². The van der Waals surface area contributed by atoms with Gasteiger partial charge in [0.15, 0.2) is 0 Å². The molecule has 1 saturated carbocycles. The SMILES string of the molecule is C1CCCC1.[CH-]=O.[CH-]=O.[CH2-]C.[CH3-].[Ru+4]. The first-order valence-corrected chi connectivity index (χ1v) is 3.68. The molecule has 0 spiro atoms. The predicted octanol–water partition coefficient (Wildman–Crippen LogP) is 2.69. The molecule has 0 unspecified atom stereocenters. The molecule has 0 amide bonds. The Morgan fingerprint density at radius 1 is 0.769 bits per heavy atom. The van der Waals surface area contributed by atoms with E-state index in [1.54, 1.807) is 6.92 Å². The molecule has 1 aliphatic carbocycles. The third kappa shape index (κ3) is 48.2. The Kier molecular flexibility index (Phi) is 131. The van der Waals surface area contributed by atoms with E-state index in [0.29, 0.717) is 0 Å². The summed E-state index contributed by atoms with van der Waals surface area (Å²) in [5.74, 6) is 0. The summed E-state index contributed by atoms with van der Waals surface area (Å²) in [6, 6.07) is 0. The van der Waals surface area contributed by atoms with Gasteiger partial charge < -0.3 is 23.9 Å². The van der Waals surface area contributed by atoms with Crippen LogP contribution in [-0.4, -0.2) is 13.6 Å². The second kappa shape index (κ2) is 58.4. The summed E-state index contributed by atoms with van der Waals surface area (Å²) >= 11 is 0. The minimum Gasteiger partial charge on any atom is -0.545 e. The van der Waals surface area contributed by atoms with Gasteiger partial charge in [0.1, 0.15) is 0 Å². The van der Waals surface area contributed by atoms with Crippen molar-refractivity contribution in [2.75, 3.05) is 0 Å². The Bertz CT molecular complexity index is 38.6. The Hall–Kier alpha value is -0.0366. The van der Waals surface area contributed by atoms with Crippen LogP contribution in [0.25, 0.3) is 0 Å². The van der Waals surface area contributed by atoms with Crippen molar-refractivity contribution >= 4 is 13.6 Å². The van der Waals surface area contributed by atoms with Gasteiger partial charge in [0.2, 0.25) is 0 Å². The van der Waals surface area contributed by atoms with Gasteiger partial charge in [0.25, 0.3) is 0 Å². The van der Waals surface area contributed by atoms with Crippen molar-refractivity contribution in [2.24, 2.45) is 0 Å². The average molecular weight is 273 g/mol. The van der Waals surface area contributed by atoms with E-state index in [1.807, 2.05) is 0 Å². The fourth-order valence-electron chi connectivity index (χ4n) is 0.884. The zero-order chi connectivity index (χ0) is 9.54. The minimum atomic E-state index is 0. The number of hydrogen-bond acceptors (Lipinski definition) is 2. The van der Waals surface area contributed by atoms with Gasteiger partial charge in [-0.3, -0.25) is 13.6 Å². The molecule has 2 nitrogen and oxygen atoms in total. The van der Waals surface area contributed by atoms with E-state index in [-0.39, 0.29) is 26.9 Å². The molecule has 0 bridgehead atoms. The van der Waals surface area contributed by atoms with Crippen LogP contribution in [-0.2, 0) is 29.1 Å². The van der Waals surface area contributed by atoms with Crippen LogP contribution in [0.4, 0.5) is 0 Å². The maximum Gasteiger partial charge on any atom is 4.00 e.